The predicted octanol–water partition coefficient (Wildman–Crippen LogP) is 3.92. The summed E-state index contributed by atoms with van der Waals surface area (Å²) in [5.74, 6) is -0.595. The highest BCUT2D eigenvalue weighted by Gasteiger charge is 2.40. The van der Waals surface area contributed by atoms with E-state index in [2.05, 4.69) is 11.8 Å². The van der Waals surface area contributed by atoms with Crippen molar-refractivity contribution in [1.82, 2.24) is 4.90 Å². The van der Waals surface area contributed by atoms with Crippen LogP contribution >= 0.6 is 0 Å². The van der Waals surface area contributed by atoms with Crippen LogP contribution in [0.5, 0.6) is 0 Å². The number of rotatable bonds is 9. The summed E-state index contributed by atoms with van der Waals surface area (Å²) in [4.78, 5) is 13.9. The largest absolute Gasteiger partial charge is 0.481 e. The molecule has 1 atom stereocenters. The first-order chi connectivity index (χ1) is 9.14. The van der Waals surface area contributed by atoms with Crippen LogP contribution in [0.25, 0.3) is 0 Å². The molecule has 0 aromatic rings. The second-order valence-electron chi connectivity index (χ2n) is 6.09. The predicted molar refractivity (Wildman–Crippen MR) is 79.4 cm³/mol. The van der Waals surface area contributed by atoms with Gasteiger partial charge in [-0.15, -0.1) is 0 Å². The van der Waals surface area contributed by atoms with Gasteiger partial charge in [0.25, 0.3) is 0 Å². The molecule has 1 heterocycles. The van der Waals surface area contributed by atoms with Gasteiger partial charge in [0.05, 0.1) is 5.41 Å². The quantitative estimate of drug-likeness (QED) is 0.645. The summed E-state index contributed by atoms with van der Waals surface area (Å²) in [5, 5.41) is 9.45. The van der Waals surface area contributed by atoms with Crippen LogP contribution in [0.15, 0.2) is 0 Å². The summed E-state index contributed by atoms with van der Waals surface area (Å²) in [6, 6.07) is 0. The molecule has 3 heteroatoms. The van der Waals surface area contributed by atoms with Crippen LogP contribution < -0.4 is 0 Å². The van der Waals surface area contributed by atoms with Crippen molar-refractivity contribution in [3.8, 4) is 0 Å². The molecule has 1 aliphatic rings. The monoisotopic (exact) mass is 269 g/mol. The maximum absolute atomic E-state index is 11.5. The standard InChI is InChI=1S/C16H31NO2/c1-3-5-6-7-8-9-12-17-13-10-11-16(4-2,14-17)15(18)19/h3-14H2,1-2H3,(H,18,19). The number of nitrogens with zero attached hydrogens (tertiary/aromatic N) is 1. The van der Waals surface area contributed by atoms with Crippen LogP contribution in [0.2, 0.25) is 0 Å². The molecule has 0 amide bonds. The Morgan fingerprint density at radius 1 is 1.16 bits per heavy atom. The molecule has 112 valence electrons. The van der Waals surface area contributed by atoms with E-state index in [1.54, 1.807) is 0 Å². The third-order valence-electron chi connectivity index (χ3n) is 4.61. The van der Waals surface area contributed by atoms with Gasteiger partial charge in [-0.1, -0.05) is 46.0 Å². The van der Waals surface area contributed by atoms with Gasteiger partial charge in [0.1, 0.15) is 0 Å². The zero-order chi connectivity index (χ0) is 14.1. The lowest BCUT2D eigenvalue weighted by atomic mass is 9.77. The summed E-state index contributed by atoms with van der Waals surface area (Å²) < 4.78 is 0. The second-order valence-corrected chi connectivity index (χ2v) is 6.09. The number of carboxylic acid groups (broad SMARTS) is 1. The van der Waals surface area contributed by atoms with Gasteiger partial charge in [-0.3, -0.25) is 4.79 Å². The van der Waals surface area contributed by atoms with E-state index in [0.717, 1.165) is 38.9 Å². The summed E-state index contributed by atoms with van der Waals surface area (Å²) >= 11 is 0. The van der Waals surface area contributed by atoms with Crippen LogP contribution in [-0.4, -0.2) is 35.6 Å². The van der Waals surface area contributed by atoms with E-state index in [4.69, 9.17) is 0 Å². The third kappa shape index (κ3) is 5.13. The Kier molecular flexibility index (Phi) is 7.44. The Balaban J connectivity index is 2.25. The molecule has 0 aliphatic carbocycles. The molecule has 0 spiro atoms. The van der Waals surface area contributed by atoms with Crippen molar-refractivity contribution in [1.29, 1.82) is 0 Å². The van der Waals surface area contributed by atoms with Crippen molar-refractivity contribution in [2.45, 2.75) is 71.6 Å². The number of unbranched alkanes of at least 4 members (excludes halogenated alkanes) is 5. The second kappa shape index (κ2) is 8.57. The number of aliphatic carboxylic acids is 1. The molecule has 0 bridgehead atoms. The van der Waals surface area contributed by atoms with E-state index < -0.39 is 11.4 Å². The minimum atomic E-state index is -0.595. The molecular formula is C16H31NO2. The number of carbonyl (C=O) groups is 1. The van der Waals surface area contributed by atoms with Crippen molar-refractivity contribution < 1.29 is 9.90 Å². The summed E-state index contributed by atoms with van der Waals surface area (Å²) in [7, 11) is 0. The van der Waals surface area contributed by atoms with Crippen LogP contribution in [-0.2, 0) is 4.79 Å². The molecule has 19 heavy (non-hydrogen) atoms. The Morgan fingerprint density at radius 2 is 1.84 bits per heavy atom. The van der Waals surface area contributed by atoms with Crippen LogP contribution in [0.1, 0.15) is 71.6 Å². The Hall–Kier alpha value is -0.570. The maximum atomic E-state index is 11.5. The lowest BCUT2D eigenvalue weighted by Gasteiger charge is -2.39. The van der Waals surface area contributed by atoms with Crippen molar-refractivity contribution in [3.05, 3.63) is 0 Å². The van der Waals surface area contributed by atoms with Crippen molar-refractivity contribution in [3.63, 3.8) is 0 Å². The van der Waals surface area contributed by atoms with E-state index in [9.17, 15) is 9.90 Å². The molecule has 0 aromatic heterocycles. The third-order valence-corrected chi connectivity index (χ3v) is 4.61. The van der Waals surface area contributed by atoms with E-state index in [1.807, 2.05) is 6.92 Å². The van der Waals surface area contributed by atoms with Crippen LogP contribution in [0.3, 0.4) is 0 Å². The van der Waals surface area contributed by atoms with Crippen LogP contribution in [0, 0.1) is 5.41 Å². The van der Waals surface area contributed by atoms with Gasteiger partial charge in [-0.25, -0.2) is 0 Å². The van der Waals surface area contributed by atoms with Gasteiger partial charge >= 0.3 is 5.97 Å². The van der Waals surface area contributed by atoms with Gasteiger partial charge in [-0.2, -0.15) is 0 Å². The molecule has 1 rings (SSSR count). The molecule has 0 radical (unpaired) electrons. The van der Waals surface area contributed by atoms with Crippen LogP contribution in [0.4, 0.5) is 0 Å². The fourth-order valence-corrected chi connectivity index (χ4v) is 3.15. The molecule has 1 saturated heterocycles. The first kappa shape index (κ1) is 16.5. The van der Waals surface area contributed by atoms with Gasteiger partial charge in [0.2, 0.25) is 0 Å². The van der Waals surface area contributed by atoms with Gasteiger partial charge in [0, 0.05) is 6.54 Å². The molecule has 3 nitrogen and oxygen atoms in total. The molecule has 1 fully saturated rings. The highest BCUT2D eigenvalue weighted by molar-refractivity contribution is 5.75. The Bertz CT molecular complexity index is 267. The number of hydrogen-bond donors (Lipinski definition) is 1. The minimum absolute atomic E-state index is 0.472. The topological polar surface area (TPSA) is 40.5 Å². The minimum Gasteiger partial charge on any atom is -0.481 e. The Labute approximate surface area is 118 Å². The summed E-state index contributed by atoms with van der Waals surface area (Å²) in [5.41, 5.74) is -0.472. The summed E-state index contributed by atoms with van der Waals surface area (Å²) in [6.45, 7) is 7.19. The van der Waals surface area contributed by atoms with E-state index in [-0.39, 0.29) is 0 Å². The maximum Gasteiger partial charge on any atom is 0.310 e. The molecule has 1 unspecified atom stereocenters. The number of hydrogen-bond acceptors (Lipinski definition) is 2. The average Bonchev–Trinajstić information content (AvgIpc) is 2.42. The van der Waals surface area contributed by atoms with Crippen molar-refractivity contribution >= 4 is 5.97 Å². The fourth-order valence-electron chi connectivity index (χ4n) is 3.15. The highest BCUT2D eigenvalue weighted by atomic mass is 16.4. The van der Waals surface area contributed by atoms with Crippen molar-refractivity contribution in [2.75, 3.05) is 19.6 Å². The Morgan fingerprint density at radius 3 is 2.47 bits per heavy atom. The number of carboxylic acids is 1. The first-order valence-corrected chi connectivity index (χ1v) is 8.10. The van der Waals surface area contributed by atoms with Gasteiger partial charge in [0.15, 0.2) is 0 Å². The normalized spacial score (nSPS) is 24.5. The van der Waals surface area contributed by atoms with Gasteiger partial charge in [-0.05, 0) is 38.8 Å². The smallest absolute Gasteiger partial charge is 0.310 e. The van der Waals surface area contributed by atoms with E-state index in [1.165, 1.54) is 38.5 Å². The molecule has 1 N–H and O–H groups in total. The zero-order valence-corrected chi connectivity index (χ0v) is 12.8. The molecular weight excluding hydrogens is 238 g/mol. The van der Waals surface area contributed by atoms with Crippen molar-refractivity contribution in [2.24, 2.45) is 5.41 Å². The highest BCUT2D eigenvalue weighted by Crippen LogP contribution is 2.33. The molecule has 0 aromatic carbocycles. The fraction of sp³-hybridized carbons (Fsp3) is 0.938. The molecule has 0 saturated carbocycles. The lowest BCUT2D eigenvalue weighted by molar-refractivity contribution is -0.152. The van der Waals surface area contributed by atoms with E-state index in [0.29, 0.717) is 0 Å². The number of likely N-dealkylation sites (tertiary alicyclic amines) is 1. The SMILES string of the molecule is CCCCCCCCN1CCCC(CC)(C(=O)O)C1. The molecule has 1 aliphatic heterocycles. The van der Waals surface area contributed by atoms with E-state index >= 15 is 0 Å². The number of piperidine rings is 1. The average molecular weight is 269 g/mol. The first-order valence-electron chi connectivity index (χ1n) is 8.10. The van der Waals surface area contributed by atoms with Gasteiger partial charge < -0.3 is 10.0 Å². The zero-order valence-electron chi connectivity index (χ0n) is 12.8. The summed E-state index contributed by atoms with van der Waals surface area (Å²) in [6.07, 6.45) is 10.5. The lowest BCUT2D eigenvalue weighted by Crippen LogP contribution is -2.47.